The highest BCUT2D eigenvalue weighted by Crippen LogP contribution is 2.66. The summed E-state index contributed by atoms with van der Waals surface area (Å²) < 4.78 is 50.7. The average molecular weight is 540 g/mol. The number of fused-ring (bicyclic) bond motifs is 1. The Balaban J connectivity index is 1.78. The SMILES string of the molecule is Nc1nc2c(ncn2[C@@H]2O[C@H](N(O)OP(=O)(O)OP(=O)(O)OP(=O)(O)O)[C@@H](O)[C@H]2O)c(=O)[nH]1. The standard InChI is InChI=1S/C9H15N6O15P3/c10-9-12-5-2(6(18)13-9)11-1-14(5)7-3(16)4(17)8(27-7)15(19)28-32(23,24)30-33(25,26)29-31(20,21)22/h1,3-4,7-8,16-17,19H,(H,23,24)(H,25,26)(H2,20,21,22)(H3,10,12,13,18)/t3-,4+,7-,8+/m1/s1. The van der Waals surface area contributed by atoms with Gasteiger partial charge in [-0.05, 0) is 5.23 Å². The maximum Gasteiger partial charge on any atom is 0.499 e. The molecule has 6 atom stereocenters. The molecular formula is C9H15N6O15P3. The zero-order valence-electron chi connectivity index (χ0n) is 15.5. The number of nitrogens with one attached hydrogen (secondary N) is 1. The van der Waals surface area contributed by atoms with Crippen molar-refractivity contribution in [2.45, 2.75) is 24.7 Å². The van der Waals surface area contributed by atoms with E-state index < -0.39 is 58.9 Å². The average Bonchev–Trinajstić information content (AvgIpc) is 3.13. The van der Waals surface area contributed by atoms with Gasteiger partial charge >= 0.3 is 23.5 Å². The lowest BCUT2D eigenvalue weighted by atomic mass is 10.2. The molecule has 0 amide bonds. The summed E-state index contributed by atoms with van der Waals surface area (Å²) >= 11 is 0. The van der Waals surface area contributed by atoms with E-state index in [4.69, 9.17) is 25.2 Å². The number of aromatic amines is 1. The predicted molar refractivity (Wildman–Crippen MR) is 97.1 cm³/mol. The second-order valence-corrected chi connectivity index (χ2v) is 10.5. The highest BCUT2D eigenvalue weighted by Gasteiger charge is 2.50. The van der Waals surface area contributed by atoms with Gasteiger partial charge in [0.05, 0.1) is 6.33 Å². The first-order chi connectivity index (χ1) is 15.0. The number of aliphatic hydroxyl groups excluding tert-OH is 2. The maximum atomic E-state index is 11.9. The highest BCUT2D eigenvalue weighted by molar-refractivity contribution is 7.66. The number of hydrogen-bond donors (Lipinski definition) is 9. The van der Waals surface area contributed by atoms with Crippen LogP contribution in [0.5, 0.6) is 0 Å². The van der Waals surface area contributed by atoms with E-state index in [-0.39, 0.29) is 17.1 Å². The summed E-state index contributed by atoms with van der Waals surface area (Å²) in [7, 11) is -17.4. The lowest BCUT2D eigenvalue weighted by molar-refractivity contribution is -0.371. The van der Waals surface area contributed by atoms with Gasteiger partial charge in [-0.1, -0.05) is 0 Å². The molecule has 186 valence electrons. The van der Waals surface area contributed by atoms with Gasteiger partial charge in [-0.2, -0.15) is 18.2 Å². The molecule has 0 aromatic carbocycles. The van der Waals surface area contributed by atoms with Crippen molar-refractivity contribution in [1.29, 1.82) is 0 Å². The number of phosphoric acid groups is 3. The third-order valence-corrected chi connectivity index (χ3v) is 7.46. The zero-order valence-corrected chi connectivity index (χ0v) is 18.2. The van der Waals surface area contributed by atoms with E-state index in [1.807, 2.05) is 0 Å². The molecule has 0 saturated carbocycles. The Hall–Kier alpha value is -1.64. The number of nitrogens with zero attached hydrogens (tertiary/aromatic N) is 4. The van der Waals surface area contributed by atoms with Crippen LogP contribution >= 0.6 is 23.5 Å². The van der Waals surface area contributed by atoms with Gasteiger partial charge < -0.3 is 40.3 Å². The third-order valence-electron chi connectivity index (χ3n) is 3.76. The highest BCUT2D eigenvalue weighted by atomic mass is 31.3. The monoisotopic (exact) mass is 540 g/mol. The number of anilines is 1. The van der Waals surface area contributed by atoms with Crippen LogP contribution in [-0.2, 0) is 31.7 Å². The fraction of sp³-hybridized carbons (Fsp3) is 0.444. The lowest BCUT2D eigenvalue weighted by Gasteiger charge is -2.24. The summed E-state index contributed by atoms with van der Waals surface area (Å²) in [5.74, 6) is -0.338. The molecule has 3 rings (SSSR count). The molecule has 1 aliphatic heterocycles. The normalized spacial score (nSPS) is 27.6. The summed E-state index contributed by atoms with van der Waals surface area (Å²) in [6, 6.07) is 0. The number of nitrogens with two attached hydrogens (primary N) is 1. The molecule has 24 heteroatoms. The molecule has 0 aliphatic carbocycles. The van der Waals surface area contributed by atoms with Crippen LogP contribution in [0.4, 0.5) is 5.95 Å². The Morgan fingerprint density at radius 1 is 1.12 bits per heavy atom. The third kappa shape index (κ3) is 5.89. The summed E-state index contributed by atoms with van der Waals surface area (Å²) in [5, 5.41) is 29.5. The van der Waals surface area contributed by atoms with E-state index >= 15 is 0 Å². The molecule has 2 aromatic rings. The molecular weight excluding hydrogens is 525 g/mol. The van der Waals surface area contributed by atoms with Crippen LogP contribution in [0.15, 0.2) is 11.1 Å². The molecule has 2 aromatic heterocycles. The number of hydroxylamine groups is 2. The second-order valence-electron chi connectivity index (χ2n) is 6.15. The van der Waals surface area contributed by atoms with Crippen molar-refractivity contribution in [3.63, 3.8) is 0 Å². The Morgan fingerprint density at radius 3 is 2.36 bits per heavy atom. The minimum Gasteiger partial charge on any atom is -0.386 e. The van der Waals surface area contributed by atoms with Gasteiger partial charge in [0, 0.05) is 0 Å². The largest absolute Gasteiger partial charge is 0.499 e. The second kappa shape index (κ2) is 8.86. The van der Waals surface area contributed by atoms with Gasteiger partial charge in [0.25, 0.3) is 5.56 Å². The van der Waals surface area contributed by atoms with Crippen LogP contribution in [0.25, 0.3) is 11.2 Å². The molecule has 33 heavy (non-hydrogen) atoms. The van der Waals surface area contributed by atoms with E-state index in [9.17, 15) is 38.8 Å². The summed E-state index contributed by atoms with van der Waals surface area (Å²) in [6.45, 7) is 0. The van der Waals surface area contributed by atoms with E-state index in [0.717, 1.165) is 10.9 Å². The van der Waals surface area contributed by atoms with E-state index in [0.29, 0.717) is 0 Å². The van der Waals surface area contributed by atoms with Crippen LogP contribution in [0, 0.1) is 0 Å². The van der Waals surface area contributed by atoms with Crippen molar-refractivity contribution >= 4 is 40.6 Å². The van der Waals surface area contributed by atoms with Crippen molar-refractivity contribution in [3.8, 4) is 0 Å². The summed E-state index contributed by atoms with van der Waals surface area (Å²) in [6.07, 6.45) is -6.85. The van der Waals surface area contributed by atoms with E-state index in [1.54, 1.807) is 0 Å². The Labute approximate surface area is 179 Å². The van der Waals surface area contributed by atoms with Gasteiger partial charge in [0.1, 0.15) is 12.2 Å². The number of hydrogen-bond acceptors (Lipinski definition) is 15. The van der Waals surface area contributed by atoms with Crippen molar-refractivity contribution in [2.75, 3.05) is 5.73 Å². The van der Waals surface area contributed by atoms with E-state index in [2.05, 4.69) is 28.2 Å². The fourth-order valence-corrected chi connectivity index (χ4v) is 5.56. The predicted octanol–water partition coefficient (Wildman–Crippen LogP) is -2.77. The van der Waals surface area contributed by atoms with Gasteiger partial charge in [-0.25, -0.2) is 18.7 Å². The number of H-pyrrole nitrogens is 1. The number of aliphatic hydroxyl groups is 2. The minimum absolute atomic E-state index is 0.217. The maximum absolute atomic E-state index is 11.9. The molecule has 0 bridgehead atoms. The van der Waals surface area contributed by atoms with Crippen molar-refractivity contribution in [3.05, 3.63) is 16.7 Å². The first kappa shape index (κ1) is 26.0. The Bertz CT molecular complexity index is 1240. The van der Waals surface area contributed by atoms with Gasteiger partial charge in [0.2, 0.25) is 5.95 Å². The molecule has 3 heterocycles. The van der Waals surface area contributed by atoms with Crippen LogP contribution < -0.4 is 11.3 Å². The Kier molecular flexibility index (Phi) is 6.97. The fourth-order valence-electron chi connectivity index (χ4n) is 2.63. The van der Waals surface area contributed by atoms with Crippen molar-refractivity contribution < 1.29 is 66.7 Å². The first-order valence-electron chi connectivity index (χ1n) is 8.05. The summed E-state index contributed by atoms with van der Waals surface area (Å²) in [5.41, 5.74) is 4.23. The van der Waals surface area contributed by atoms with Crippen molar-refractivity contribution in [1.82, 2.24) is 24.7 Å². The molecule has 1 fully saturated rings. The Morgan fingerprint density at radius 2 is 1.76 bits per heavy atom. The number of aromatic nitrogens is 4. The van der Waals surface area contributed by atoms with Crippen molar-refractivity contribution in [2.24, 2.45) is 0 Å². The number of rotatable bonds is 8. The summed E-state index contributed by atoms with van der Waals surface area (Å²) in [4.78, 5) is 57.1. The number of ether oxygens (including phenoxy) is 1. The molecule has 1 saturated heterocycles. The molecule has 2 unspecified atom stereocenters. The van der Waals surface area contributed by atoms with Gasteiger partial charge in [0.15, 0.2) is 23.6 Å². The van der Waals surface area contributed by atoms with Crippen LogP contribution in [0.1, 0.15) is 6.23 Å². The molecule has 0 radical (unpaired) electrons. The number of nitrogen functional groups attached to an aromatic ring is 1. The quantitative estimate of drug-likeness (QED) is 0.121. The van der Waals surface area contributed by atoms with Crippen LogP contribution in [0.3, 0.4) is 0 Å². The first-order valence-corrected chi connectivity index (χ1v) is 12.6. The van der Waals surface area contributed by atoms with Gasteiger partial charge in [-0.15, -0.1) is 0 Å². The zero-order chi connectivity index (χ0) is 24.9. The smallest absolute Gasteiger partial charge is 0.386 e. The van der Waals surface area contributed by atoms with E-state index in [1.165, 1.54) is 0 Å². The molecule has 10 N–H and O–H groups in total. The number of imidazole rings is 1. The van der Waals surface area contributed by atoms with Gasteiger partial charge in [-0.3, -0.25) is 19.6 Å². The lowest BCUT2D eigenvalue weighted by Crippen LogP contribution is -2.41. The minimum atomic E-state index is -5.90. The van der Waals surface area contributed by atoms with Crippen LogP contribution in [0.2, 0.25) is 0 Å². The molecule has 21 nitrogen and oxygen atoms in total. The molecule has 1 aliphatic rings. The molecule has 0 spiro atoms. The topological polar surface area (TPSA) is 323 Å². The van der Waals surface area contributed by atoms with Crippen LogP contribution in [-0.4, -0.2) is 78.2 Å².